The van der Waals surface area contributed by atoms with E-state index >= 15 is 0 Å². The Labute approximate surface area is 112 Å². The molecule has 0 unspecified atom stereocenters. The summed E-state index contributed by atoms with van der Waals surface area (Å²) in [5.41, 5.74) is -0.995. The first-order chi connectivity index (χ1) is 9.47. The van der Waals surface area contributed by atoms with Crippen LogP contribution in [-0.2, 0) is 0 Å². The monoisotopic (exact) mass is 281 g/mol. The minimum Gasteiger partial charge on any atom is -0.508 e. The van der Waals surface area contributed by atoms with Crippen molar-refractivity contribution in [3.63, 3.8) is 0 Å². The van der Waals surface area contributed by atoms with Crippen LogP contribution in [0.5, 0.6) is 17.2 Å². The fourth-order valence-electron chi connectivity index (χ4n) is 1.55. The minimum atomic E-state index is -2.90. The molecule has 0 aromatic heterocycles. The maximum absolute atomic E-state index is 12.9. The van der Waals surface area contributed by atoms with Crippen molar-refractivity contribution in [1.82, 2.24) is 0 Å². The van der Waals surface area contributed by atoms with E-state index in [9.17, 15) is 18.9 Å². The second kappa shape index (κ2) is 5.52. The zero-order chi connectivity index (χ0) is 14.7. The number of nitrogens with zero attached hydrogens (tertiary/aromatic N) is 1. The van der Waals surface area contributed by atoms with E-state index in [0.717, 1.165) is 18.2 Å². The van der Waals surface area contributed by atoms with Gasteiger partial charge in [0.2, 0.25) is 0 Å². The molecule has 0 heterocycles. The van der Waals surface area contributed by atoms with Gasteiger partial charge in [0.1, 0.15) is 17.2 Å². The number of nitro groups is 1. The van der Waals surface area contributed by atoms with Crippen molar-refractivity contribution in [1.29, 1.82) is 0 Å². The third-order valence-electron chi connectivity index (χ3n) is 2.50. The van der Waals surface area contributed by atoms with Gasteiger partial charge in [-0.1, -0.05) is 0 Å². The molecule has 0 aliphatic rings. The molecule has 0 aliphatic heterocycles. The van der Waals surface area contributed by atoms with Crippen molar-refractivity contribution >= 4 is 5.69 Å². The average Bonchev–Trinajstić information content (AvgIpc) is 2.41. The van der Waals surface area contributed by atoms with Crippen LogP contribution in [0.2, 0.25) is 0 Å². The lowest BCUT2D eigenvalue weighted by Crippen LogP contribution is -1.95. The summed E-state index contributed by atoms with van der Waals surface area (Å²) in [6, 6.07) is 8.44. The van der Waals surface area contributed by atoms with Gasteiger partial charge in [0.15, 0.2) is 0 Å². The fraction of sp³-hybridized carbons (Fsp3) is 0.0769. The molecular formula is C13H9F2NO4. The first kappa shape index (κ1) is 13.7. The number of hydrogen-bond donors (Lipinski definition) is 1. The van der Waals surface area contributed by atoms with Crippen molar-refractivity contribution in [2.75, 3.05) is 0 Å². The molecule has 5 nitrogen and oxygen atoms in total. The highest BCUT2D eigenvalue weighted by Crippen LogP contribution is 2.35. The first-order valence-electron chi connectivity index (χ1n) is 5.51. The van der Waals surface area contributed by atoms with Crippen molar-refractivity contribution in [3.8, 4) is 17.2 Å². The van der Waals surface area contributed by atoms with Crippen LogP contribution in [0.1, 0.15) is 12.0 Å². The van der Waals surface area contributed by atoms with Crippen molar-refractivity contribution in [2.24, 2.45) is 0 Å². The molecule has 0 atom stereocenters. The predicted molar refractivity (Wildman–Crippen MR) is 66.2 cm³/mol. The van der Waals surface area contributed by atoms with Crippen molar-refractivity contribution in [3.05, 3.63) is 58.1 Å². The molecule has 0 spiro atoms. The maximum Gasteiger partial charge on any atom is 0.270 e. The zero-order valence-electron chi connectivity index (χ0n) is 9.99. The fourth-order valence-corrected chi connectivity index (χ4v) is 1.55. The average molecular weight is 281 g/mol. The summed E-state index contributed by atoms with van der Waals surface area (Å²) >= 11 is 0. The number of halogens is 2. The van der Waals surface area contributed by atoms with E-state index in [2.05, 4.69) is 0 Å². The van der Waals surface area contributed by atoms with Gasteiger partial charge in [-0.15, -0.1) is 0 Å². The van der Waals surface area contributed by atoms with Crippen LogP contribution in [0.15, 0.2) is 42.5 Å². The van der Waals surface area contributed by atoms with Crippen LogP contribution < -0.4 is 4.74 Å². The molecule has 0 saturated heterocycles. The number of benzene rings is 2. The highest BCUT2D eigenvalue weighted by molar-refractivity contribution is 5.46. The third-order valence-corrected chi connectivity index (χ3v) is 2.50. The number of hydrogen-bond acceptors (Lipinski definition) is 4. The van der Waals surface area contributed by atoms with Crippen LogP contribution in [0, 0.1) is 10.1 Å². The highest BCUT2D eigenvalue weighted by atomic mass is 19.3. The standard InChI is InChI=1S/C13H9F2NO4/c14-13(15)11-7-8(16(18)19)1-6-12(11)20-10-4-2-9(17)3-5-10/h1-7,13,17H. The lowest BCUT2D eigenvalue weighted by molar-refractivity contribution is -0.385. The Morgan fingerprint density at radius 2 is 1.80 bits per heavy atom. The Hall–Kier alpha value is -2.70. The summed E-state index contributed by atoms with van der Waals surface area (Å²) in [5, 5.41) is 19.7. The zero-order valence-corrected chi connectivity index (χ0v) is 9.99. The molecule has 2 aromatic carbocycles. The number of phenolic OH excluding ortho intramolecular Hbond substituents is 1. The Kier molecular flexibility index (Phi) is 3.79. The quantitative estimate of drug-likeness (QED) is 0.678. The Morgan fingerprint density at radius 3 is 2.35 bits per heavy atom. The topological polar surface area (TPSA) is 72.6 Å². The lowest BCUT2D eigenvalue weighted by Gasteiger charge is -2.10. The smallest absolute Gasteiger partial charge is 0.270 e. The van der Waals surface area contributed by atoms with Gasteiger partial charge >= 0.3 is 0 Å². The molecule has 0 fully saturated rings. The Bertz CT molecular complexity index is 629. The molecule has 2 aromatic rings. The van der Waals surface area contributed by atoms with Gasteiger partial charge in [0, 0.05) is 12.1 Å². The van der Waals surface area contributed by atoms with Gasteiger partial charge in [-0.05, 0) is 30.3 Å². The second-order valence-electron chi connectivity index (χ2n) is 3.88. The van der Waals surface area contributed by atoms with Gasteiger partial charge in [-0.2, -0.15) is 0 Å². The van der Waals surface area contributed by atoms with E-state index in [1.807, 2.05) is 0 Å². The Balaban J connectivity index is 2.35. The van der Waals surface area contributed by atoms with Gasteiger partial charge in [-0.3, -0.25) is 10.1 Å². The molecule has 20 heavy (non-hydrogen) atoms. The van der Waals surface area contributed by atoms with Gasteiger partial charge < -0.3 is 9.84 Å². The third kappa shape index (κ3) is 3.00. The summed E-state index contributed by atoms with van der Waals surface area (Å²) < 4.78 is 31.0. The van der Waals surface area contributed by atoms with Crippen LogP contribution in [0.3, 0.4) is 0 Å². The molecule has 7 heteroatoms. The molecular weight excluding hydrogens is 272 g/mol. The van der Waals surface area contributed by atoms with Crippen LogP contribution in [0.4, 0.5) is 14.5 Å². The number of aromatic hydroxyl groups is 1. The molecule has 0 amide bonds. The number of ether oxygens (including phenoxy) is 1. The lowest BCUT2D eigenvalue weighted by atomic mass is 10.2. The summed E-state index contributed by atoms with van der Waals surface area (Å²) in [4.78, 5) is 9.82. The second-order valence-corrected chi connectivity index (χ2v) is 3.88. The highest BCUT2D eigenvalue weighted by Gasteiger charge is 2.19. The SMILES string of the molecule is O=[N+]([O-])c1ccc(Oc2ccc(O)cc2)c(C(F)F)c1. The Morgan fingerprint density at radius 1 is 1.15 bits per heavy atom. The van der Waals surface area contributed by atoms with Gasteiger partial charge in [0.05, 0.1) is 10.5 Å². The first-order valence-corrected chi connectivity index (χ1v) is 5.51. The number of non-ortho nitro benzene ring substituents is 1. The number of phenols is 1. The van der Waals surface area contributed by atoms with Gasteiger partial charge in [0.25, 0.3) is 12.1 Å². The molecule has 0 bridgehead atoms. The summed E-state index contributed by atoms with van der Waals surface area (Å²) in [6.07, 6.45) is -2.90. The summed E-state index contributed by atoms with van der Waals surface area (Å²) in [5.74, 6) is 0.0741. The number of rotatable bonds is 4. The molecule has 0 radical (unpaired) electrons. The maximum atomic E-state index is 12.9. The molecule has 0 saturated carbocycles. The normalized spacial score (nSPS) is 10.6. The van der Waals surface area contributed by atoms with E-state index in [0.29, 0.717) is 0 Å². The van der Waals surface area contributed by atoms with Crippen molar-refractivity contribution in [2.45, 2.75) is 6.43 Å². The summed E-state index contributed by atoms with van der Waals surface area (Å²) in [7, 11) is 0. The number of alkyl halides is 2. The molecule has 104 valence electrons. The van der Waals surface area contributed by atoms with Gasteiger partial charge in [-0.25, -0.2) is 8.78 Å². The van der Waals surface area contributed by atoms with E-state index < -0.39 is 22.6 Å². The van der Waals surface area contributed by atoms with Crippen molar-refractivity contribution < 1.29 is 23.5 Å². The molecule has 0 aliphatic carbocycles. The molecule has 2 rings (SSSR count). The van der Waals surface area contributed by atoms with Crippen LogP contribution in [-0.4, -0.2) is 10.0 Å². The van der Waals surface area contributed by atoms with E-state index in [-0.39, 0.29) is 17.2 Å². The number of nitro benzene ring substituents is 1. The minimum absolute atomic E-state index is 0.00938. The van der Waals surface area contributed by atoms with E-state index in [1.54, 1.807) is 0 Å². The largest absolute Gasteiger partial charge is 0.508 e. The van der Waals surface area contributed by atoms with Crippen LogP contribution in [0.25, 0.3) is 0 Å². The predicted octanol–water partition coefficient (Wildman–Crippen LogP) is 4.03. The molecule has 1 N–H and O–H groups in total. The summed E-state index contributed by atoms with van der Waals surface area (Å²) in [6.45, 7) is 0. The van der Waals surface area contributed by atoms with E-state index in [4.69, 9.17) is 9.84 Å². The van der Waals surface area contributed by atoms with E-state index in [1.165, 1.54) is 24.3 Å². The van der Waals surface area contributed by atoms with Crippen LogP contribution >= 0.6 is 0 Å².